The van der Waals surface area contributed by atoms with E-state index in [4.69, 9.17) is 24.1 Å². The van der Waals surface area contributed by atoms with Crippen LogP contribution in [0.3, 0.4) is 0 Å². The van der Waals surface area contributed by atoms with E-state index in [1.54, 1.807) is 26.2 Å². The van der Waals surface area contributed by atoms with Crippen LogP contribution in [0.25, 0.3) is 0 Å². The second kappa shape index (κ2) is 10.0. The molecule has 2 aromatic carbocycles. The molecule has 1 saturated heterocycles. The van der Waals surface area contributed by atoms with Gasteiger partial charge in [0.05, 0.1) is 21.3 Å². The molecule has 32 heavy (non-hydrogen) atoms. The van der Waals surface area contributed by atoms with Gasteiger partial charge in [-0.2, -0.15) is 0 Å². The highest BCUT2D eigenvalue weighted by Crippen LogP contribution is 2.48. The summed E-state index contributed by atoms with van der Waals surface area (Å²) in [5, 5.41) is 9.84. The number of anilines is 2. The molecule has 9 heteroatoms. The van der Waals surface area contributed by atoms with Gasteiger partial charge in [0.1, 0.15) is 0 Å². The molecule has 0 radical (unpaired) electrons. The number of carbonyl (C=O) groups excluding carboxylic acids is 2. The van der Waals surface area contributed by atoms with Gasteiger partial charge in [-0.05, 0) is 30.2 Å². The summed E-state index contributed by atoms with van der Waals surface area (Å²) in [6, 6.07) is 9.54. The van der Waals surface area contributed by atoms with Crippen LogP contribution < -0.4 is 24.4 Å². The predicted molar refractivity (Wildman–Crippen MR) is 118 cm³/mol. The van der Waals surface area contributed by atoms with Crippen LogP contribution in [0.5, 0.6) is 17.2 Å². The van der Waals surface area contributed by atoms with Crippen LogP contribution in [-0.2, 0) is 14.4 Å². The topological polar surface area (TPSA) is 114 Å². The minimum absolute atomic E-state index is 0.0794. The lowest BCUT2D eigenvalue weighted by Crippen LogP contribution is -2.26. The fourth-order valence-electron chi connectivity index (χ4n) is 4.22. The third kappa shape index (κ3) is 4.32. The SMILES string of the molecule is COc1ccc(C2CC(=O)Nc3cc(N4CCCC4=O)ccc32)c(OC)c1OC.O=CO. The van der Waals surface area contributed by atoms with E-state index in [0.29, 0.717) is 36.6 Å². The smallest absolute Gasteiger partial charge is 0.290 e. The number of hydrogen-bond donors (Lipinski definition) is 2. The van der Waals surface area contributed by atoms with Crippen LogP contribution in [0.2, 0.25) is 0 Å². The fraction of sp³-hybridized carbons (Fsp3) is 0.348. The number of methoxy groups -OCH3 is 3. The van der Waals surface area contributed by atoms with Crippen LogP contribution in [-0.4, -0.2) is 51.3 Å². The number of carboxylic acid groups (broad SMARTS) is 1. The lowest BCUT2D eigenvalue weighted by atomic mass is 9.84. The Balaban J connectivity index is 0.000000913. The van der Waals surface area contributed by atoms with E-state index in [0.717, 1.165) is 28.9 Å². The Morgan fingerprint density at radius 1 is 1.03 bits per heavy atom. The van der Waals surface area contributed by atoms with Crippen molar-refractivity contribution in [2.45, 2.75) is 25.2 Å². The van der Waals surface area contributed by atoms with Gasteiger partial charge in [0, 0.05) is 42.2 Å². The maximum atomic E-state index is 12.5. The first-order valence-electron chi connectivity index (χ1n) is 10.1. The highest BCUT2D eigenvalue weighted by atomic mass is 16.5. The maximum absolute atomic E-state index is 12.5. The lowest BCUT2D eigenvalue weighted by Gasteiger charge is -2.29. The average Bonchev–Trinajstić information content (AvgIpc) is 3.23. The summed E-state index contributed by atoms with van der Waals surface area (Å²) in [5.41, 5.74) is 3.36. The highest BCUT2D eigenvalue weighted by Gasteiger charge is 2.32. The quantitative estimate of drug-likeness (QED) is 0.684. The molecule has 2 heterocycles. The van der Waals surface area contributed by atoms with Crippen molar-refractivity contribution in [1.82, 2.24) is 0 Å². The molecule has 0 aromatic heterocycles. The lowest BCUT2D eigenvalue weighted by molar-refractivity contribution is -0.123. The molecule has 1 atom stereocenters. The number of nitrogens with zero attached hydrogens (tertiary/aromatic N) is 1. The van der Waals surface area contributed by atoms with Crippen molar-refractivity contribution >= 4 is 29.7 Å². The molecule has 0 spiro atoms. The van der Waals surface area contributed by atoms with Crippen molar-refractivity contribution in [3.05, 3.63) is 41.5 Å². The van der Waals surface area contributed by atoms with Gasteiger partial charge < -0.3 is 29.5 Å². The summed E-state index contributed by atoms with van der Waals surface area (Å²) < 4.78 is 16.5. The van der Waals surface area contributed by atoms with Gasteiger partial charge in [0.2, 0.25) is 17.6 Å². The van der Waals surface area contributed by atoms with E-state index in [1.165, 1.54) is 0 Å². The first-order valence-corrected chi connectivity index (χ1v) is 10.1. The number of rotatable bonds is 5. The Morgan fingerprint density at radius 3 is 2.31 bits per heavy atom. The molecule has 2 amide bonds. The summed E-state index contributed by atoms with van der Waals surface area (Å²) in [6.07, 6.45) is 1.71. The van der Waals surface area contributed by atoms with Crippen molar-refractivity contribution in [1.29, 1.82) is 0 Å². The Bertz CT molecular complexity index is 1020. The van der Waals surface area contributed by atoms with Crippen LogP contribution in [0.4, 0.5) is 11.4 Å². The number of benzene rings is 2. The van der Waals surface area contributed by atoms with E-state index in [1.807, 2.05) is 30.3 Å². The molecular weight excluding hydrogens is 416 g/mol. The monoisotopic (exact) mass is 442 g/mol. The van der Waals surface area contributed by atoms with Gasteiger partial charge in [0.15, 0.2) is 11.5 Å². The van der Waals surface area contributed by atoms with Gasteiger partial charge >= 0.3 is 0 Å². The second-order valence-corrected chi connectivity index (χ2v) is 7.25. The average molecular weight is 442 g/mol. The molecule has 0 saturated carbocycles. The minimum Gasteiger partial charge on any atom is -0.493 e. The maximum Gasteiger partial charge on any atom is 0.290 e. The van der Waals surface area contributed by atoms with Gasteiger partial charge in [0.25, 0.3) is 6.47 Å². The highest BCUT2D eigenvalue weighted by molar-refractivity contribution is 5.99. The molecule has 0 aliphatic carbocycles. The first kappa shape index (κ1) is 22.9. The third-order valence-electron chi connectivity index (χ3n) is 5.57. The van der Waals surface area contributed by atoms with Crippen molar-refractivity contribution in [2.75, 3.05) is 38.1 Å². The van der Waals surface area contributed by atoms with Gasteiger partial charge in [-0.3, -0.25) is 14.4 Å². The Hall–Kier alpha value is -3.75. The molecule has 1 fully saturated rings. The molecule has 2 aliphatic heterocycles. The van der Waals surface area contributed by atoms with Gasteiger partial charge in [-0.15, -0.1) is 0 Å². The van der Waals surface area contributed by atoms with Crippen LogP contribution in [0.15, 0.2) is 30.3 Å². The molecular formula is C23H26N2O7. The number of amides is 2. The Labute approximate surface area is 185 Å². The number of ether oxygens (including phenoxy) is 3. The number of carbonyl (C=O) groups is 3. The second-order valence-electron chi connectivity index (χ2n) is 7.25. The van der Waals surface area contributed by atoms with Crippen LogP contribution in [0.1, 0.15) is 36.3 Å². The largest absolute Gasteiger partial charge is 0.493 e. The zero-order valence-corrected chi connectivity index (χ0v) is 18.2. The molecule has 170 valence electrons. The van der Waals surface area contributed by atoms with Crippen LogP contribution >= 0.6 is 0 Å². The Morgan fingerprint density at radius 2 is 1.72 bits per heavy atom. The summed E-state index contributed by atoms with van der Waals surface area (Å²) in [6.45, 7) is 0.457. The van der Waals surface area contributed by atoms with Crippen molar-refractivity contribution in [3.63, 3.8) is 0 Å². The molecule has 4 rings (SSSR count). The van der Waals surface area contributed by atoms with Gasteiger partial charge in [-0.25, -0.2) is 0 Å². The summed E-state index contributed by atoms with van der Waals surface area (Å²) >= 11 is 0. The Kier molecular flexibility index (Phi) is 7.19. The number of fused-ring (bicyclic) bond motifs is 1. The van der Waals surface area contributed by atoms with E-state index in [9.17, 15) is 9.59 Å². The summed E-state index contributed by atoms with van der Waals surface area (Å²) in [4.78, 5) is 34.7. The van der Waals surface area contributed by atoms with Crippen molar-refractivity contribution in [3.8, 4) is 17.2 Å². The normalized spacial score (nSPS) is 17.0. The van der Waals surface area contributed by atoms with E-state index in [-0.39, 0.29) is 24.2 Å². The summed E-state index contributed by atoms with van der Waals surface area (Å²) in [7, 11) is 4.71. The fourth-order valence-corrected chi connectivity index (χ4v) is 4.22. The number of nitrogens with one attached hydrogen (secondary N) is 1. The van der Waals surface area contributed by atoms with E-state index >= 15 is 0 Å². The molecule has 0 bridgehead atoms. The summed E-state index contributed by atoms with van der Waals surface area (Å²) in [5.74, 6) is 1.46. The van der Waals surface area contributed by atoms with Gasteiger partial charge in [-0.1, -0.05) is 12.1 Å². The third-order valence-corrected chi connectivity index (χ3v) is 5.57. The van der Waals surface area contributed by atoms with Crippen molar-refractivity contribution < 1.29 is 33.7 Å². The zero-order chi connectivity index (χ0) is 23.3. The zero-order valence-electron chi connectivity index (χ0n) is 18.2. The van der Waals surface area contributed by atoms with Crippen LogP contribution in [0, 0.1) is 0 Å². The molecule has 2 N–H and O–H groups in total. The molecule has 2 aromatic rings. The predicted octanol–water partition coefficient (Wildman–Crippen LogP) is 3.01. The first-order chi connectivity index (χ1) is 15.5. The van der Waals surface area contributed by atoms with E-state index in [2.05, 4.69) is 5.32 Å². The van der Waals surface area contributed by atoms with Crippen molar-refractivity contribution in [2.24, 2.45) is 0 Å². The molecule has 9 nitrogen and oxygen atoms in total. The molecule has 2 aliphatic rings. The van der Waals surface area contributed by atoms with E-state index < -0.39 is 0 Å². The number of hydrogen-bond acceptors (Lipinski definition) is 6. The molecule has 1 unspecified atom stereocenters. The standard InChI is InChI=1S/C22H24N2O5.CH2O2/c1-27-18-9-8-15(21(28-2)22(18)29-3)16-12-19(25)23-17-11-13(6-7-14(16)17)24-10-4-5-20(24)26;2-1-3/h6-9,11,16H,4-5,10,12H2,1-3H3,(H,23,25);1H,(H,2,3). The minimum atomic E-state index is -0.250.